The Balaban J connectivity index is 2.01. The molecule has 0 aliphatic carbocycles. The molecule has 0 unspecified atom stereocenters. The highest BCUT2D eigenvalue weighted by molar-refractivity contribution is 7.98. The summed E-state index contributed by atoms with van der Waals surface area (Å²) in [6, 6.07) is 5.90. The molecule has 2 rings (SSSR count). The third-order valence-corrected chi connectivity index (χ3v) is 3.83. The van der Waals surface area contributed by atoms with Crippen molar-refractivity contribution in [2.45, 2.75) is 19.8 Å². The average molecular weight is 323 g/mol. The molecule has 1 aliphatic heterocycles. The monoisotopic (exact) mass is 323 g/mol. The van der Waals surface area contributed by atoms with Gasteiger partial charge in [-0.1, -0.05) is 0 Å². The van der Waals surface area contributed by atoms with Crippen molar-refractivity contribution in [3.63, 3.8) is 0 Å². The van der Waals surface area contributed by atoms with Crippen LogP contribution in [0.2, 0.25) is 0 Å². The van der Waals surface area contributed by atoms with Crippen molar-refractivity contribution in [2.75, 3.05) is 43.6 Å². The molecule has 0 saturated heterocycles. The molecule has 5 nitrogen and oxygen atoms in total. The second kappa shape index (κ2) is 9.46. The van der Waals surface area contributed by atoms with Crippen LogP contribution in [0.25, 0.3) is 0 Å². The highest BCUT2D eigenvalue weighted by Gasteiger charge is 2.11. The van der Waals surface area contributed by atoms with Gasteiger partial charge in [0.25, 0.3) is 0 Å². The molecule has 0 spiro atoms. The minimum absolute atomic E-state index is 0.694. The summed E-state index contributed by atoms with van der Waals surface area (Å²) >= 11 is 1.85. The number of aliphatic imine (C=N–C) groups is 1. The summed E-state index contributed by atoms with van der Waals surface area (Å²) < 4.78 is 11.4. The zero-order valence-corrected chi connectivity index (χ0v) is 14.2. The van der Waals surface area contributed by atoms with E-state index in [4.69, 9.17) is 9.47 Å². The van der Waals surface area contributed by atoms with E-state index in [0.29, 0.717) is 13.2 Å². The van der Waals surface area contributed by atoms with Gasteiger partial charge in [0.15, 0.2) is 17.5 Å². The van der Waals surface area contributed by atoms with Crippen LogP contribution < -0.4 is 20.1 Å². The first kappa shape index (κ1) is 16.8. The smallest absolute Gasteiger partial charge is 0.195 e. The van der Waals surface area contributed by atoms with Gasteiger partial charge in [0.2, 0.25) is 0 Å². The first-order valence-electron chi connectivity index (χ1n) is 7.77. The van der Waals surface area contributed by atoms with Crippen LogP contribution in [0.1, 0.15) is 19.8 Å². The van der Waals surface area contributed by atoms with E-state index >= 15 is 0 Å². The maximum atomic E-state index is 5.72. The topological polar surface area (TPSA) is 54.9 Å². The first-order chi connectivity index (χ1) is 10.8. The molecule has 0 bridgehead atoms. The third-order valence-electron chi connectivity index (χ3n) is 3.13. The van der Waals surface area contributed by atoms with E-state index in [0.717, 1.165) is 54.8 Å². The fraction of sp³-hybridized carbons (Fsp3) is 0.562. The van der Waals surface area contributed by atoms with Gasteiger partial charge in [0, 0.05) is 31.3 Å². The van der Waals surface area contributed by atoms with Crippen molar-refractivity contribution < 1.29 is 9.47 Å². The lowest BCUT2D eigenvalue weighted by molar-refractivity contribution is 0.297. The van der Waals surface area contributed by atoms with Crippen LogP contribution in [0.4, 0.5) is 5.69 Å². The van der Waals surface area contributed by atoms with Crippen LogP contribution in [-0.4, -0.2) is 44.3 Å². The molecule has 0 radical (unpaired) electrons. The Kier molecular flexibility index (Phi) is 7.22. The lowest BCUT2D eigenvalue weighted by Gasteiger charge is -2.13. The highest BCUT2D eigenvalue weighted by atomic mass is 32.2. The Morgan fingerprint density at radius 3 is 2.86 bits per heavy atom. The number of fused-ring (bicyclic) bond motifs is 1. The summed E-state index contributed by atoms with van der Waals surface area (Å²) in [5.74, 6) is 3.54. The van der Waals surface area contributed by atoms with E-state index in [1.54, 1.807) is 0 Å². The summed E-state index contributed by atoms with van der Waals surface area (Å²) in [7, 11) is 0. The van der Waals surface area contributed by atoms with Gasteiger partial charge in [0.1, 0.15) is 0 Å². The predicted molar refractivity (Wildman–Crippen MR) is 94.6 cm³/mol. The Bertz CT molecular complexity index is 494. The minimum Gasteiger partial charge on any atom is -0.490 e. The zero-order valence-electron chi connectivity index (χ0n) is 13.4. The molecule has 1 heterocycles. The molecule has 1 aromatic carbocycles. The van der Waals surface area contributed by atoms with Crippen molar-refractivity contribution in [3.05, 3.63) is 18.2 Å². The maximum absolute atomic E-state index is 5.72. The molecular weight excluding hydrogens is 298 g/mol. The largest absolute Gasteiger partial charge is 0.490 e. The molecule has 0 atom stereocenters. The van der Waals surface area contributed by atoms with Crippen LogP contribution in [-0.2, 0) is 0 Å². The van der Waals surface area contributed by atoms with Gasteiger partial charge in [0.05, 0.1) is 13.2 Å². The predicted octanol–water partition coefficient (Wildman–Crippen LogP) is 2.98. The second-order valence-corrected chi connectivity index (χ2v) is 5.93. The summed E-state index contributed by atoms with van der Waals surface area (Å²) in [6.45, 7) is 5.12. The number of guanidine groups is 1. The molecule has 0 amide bonds. The average Bonchev–Trinajstić information content (AvgIpc) is 2.76. The number of benzene rings is 1. The number of hydrogen-bond acceptors (Lipinski definition) is 4. The summed E-state index contributed by atoms with van der Waals surface area (Å²) in [4.78, 5) is 4.59. The van der Waals surface area contributed by atoms with Crippen molar-refractivity contribution in [2.24, 2.45) is 4.99 Å². The molecule has 0 aromatic heterocycles. The lowest BCUT2D eigenvalue weighted by Crippen LogP contribution is -2.30. The normalized spacial score (nSPS) is 14.4. The molecule has 0 saturated carbocycles. The fourth-order valence-corrected chi connectivity index (χ4v) is 2.50. The van der Waals surface area contributed by atoms with E-state index in [2.05, 4.69) is 28.8 Å². The number of ether oxygens (including phenoxy) is 2. The van der Waals surface area contributed by atoms with E-state index in [1.807, 2.05) is 30.0 Å². The Morgan fingerprint density at radius 2 is 2.09 bits per heavy atom. The van der Waals surface area contributed by atoms with E-state index in [1.165, 1.54) is 0 Å². The van der Waals surface area contributed by atoms with Crippen LogP contribution >= 0.6 is 11.8 Å². The second-order valence-electron chi connectivity index (χ2n) is 4.94. The van der Waals surface area contributed by atoms with Crippen LogP contribution in [0, 0.1) is 0 Å². The van der Waals surface area contributed by atoms with Gasteiger partial charge in [-0.3, -0.25) is 4.99 Å². The van der Waals surface area contributed by atoms with Gasteiger partial charge in [-0.05, 0) is 37.5 Å². The molecule has 22 heavy (non-hydrogen) atoms. The van der Waals surface area contributed by atoms with Crippen molar-refractivity contribution >= 4 is 23.4 Å². The fourth-order valence-electron chi connectivity index (χ4n) is 2.08. The quantitative estimate of drug-likeness (QED) is 0.479. The molecule has 2 N–H and O–H groups in total. The number of anilines is 1. The molecular formula is C16H25N3O2S. The molecule has 1 aliphatic rings. The Hall–Kier alpha value is -1.56. The van der Waals surface area contributed by atoms with Gasteiger partial charge < -0.3 is 20.1 Å². The number of nitrogens with one attached hydrogen (secondary N) is 2. The number of nitrogens with zero attached hydrogens (tertiary/aromatic N) is 1. The van der Waals surface area contributed by atoms with Gasteiger partial charge >= 0.3 is 0 Å². The molecule has 6 heteroatoms. The molecule has 122 valence electrons. The SMILES string of the molecule is CCNC(=NCCCSC)Nc1ccc2c(c1)OCCCO2. The third kappa shape index (κ3) is 5.33. The van der Waals surface area contributed by atoms with Gasteiger partial charge in [-0.2, -0.15) is 11.8 Å². The number of rotatable bonds is 6. The maximum Gasteiger partial charge on any atom is 0.195 e. The van der Waals surface area contributed by atoms with Gasteiger partial charge in [-0.25, -0.2) is 0 Å². The zero-order chi connectivity index (χ0) is 15.6. The minimum atomic E-state index is 0.694. The van der Waals surface area contributed by atoms with Crippen molar-refractivity contribution in [3.8, 4) is 11.5 Å². The number of hydrogen-bond donors (Lipinski definition) is 2. The lowest BCUT2D eigenvalue weighted by atomic mass is 10.3. The van der Waals surface area contributed by atoms with E-state index in [9.17, 15) is 0 Å². The summed E-state index contributed by atoms with van der Waals surface area (Å²) in [5.41, 5.74) is 0.953. The van der Waals surface area contributed by atoms with Crippen LogP contribution in [0.15, 0.2) is 23.2 Å². The molecule has 0 fully saturated rings. The summed E-state index contributed by atoms with van der Waals surface area (Å²) in [6.07, 6.45) is 4.11. The molecule has 1 aromatic rings. The van der Waals surface area contributed by atoms with E-state index < -0.39 is 0 Å². The standard InChI is InChI=1S/C16H25N3O2S/c1-3-17-16(18-8-4-11-22-2)19-13-6-7-14-15(12-13)21-10-5-9-20-14/h6-7,12H,3-5,8-11H2,1-2H3,(H2,17,18,19). The Morgan fingerprint density at radius 1 is 1.27 bits per heavy atom. The number of thioether (sulfide) groups is 1. The van der Waals surface area contributed by atoms with Gasteiger partial charge in [-0.15, -0.1) is 0 Å². The van der Waals surface area contributed by atoms with Crippen LogP contribution in [0.3, 0.4) is 0 Å². The van der Waals surface area contributed by atoms with E-state index in [-0.39, 0.29) is 0 Å². The summed E-state index contributed by atoms with van der Waals surface area (Å²) in [5, 5.41) is 6.58. The van der Waals surface area contributed by atoms with Crippen molar-refractivity contribution in [1.82, 2.24) is 5.32 Å². The van der Waals surface area contributed by atoms with Crippen LogP contribution in [0.5, 0.6) is 11.5 Å². The highest BCUT2D eigenvalue weighted by Crippen LogP contribution is 2.32. The first-order valence-corrected chi connectivity index (χ1v) is 9.16. The Labute approximate surface area is 136 Å². The van der Waals surface area contributed by atoms with Crippen molar-refractivity contribution in [1.29, 1.82) is 0 Å².